The third-order valence-electron chi connectivity index (χ3n) is 1.56. The normalized spacial score (nSPS) is 10.8. The molecule has 0 fully saturated rings. The minimum absolute atomic E-state index is 0.712. The zero-order valence-corrected chi connectivity index (χ0v) is 9.54. The van der Waals surface area contributed by atoms with Crippen LogP contribution >= 0.6 is 24.0 Å². The average Bonchev–Trinajstić information content (AvgIpc) is 2.41. The van der Waals surface area contributed by atoms with E-state index in [2.05, 4.69) is 12.6 Å². The predicted octanol–water partition coefficient (Wildman–Crippen LogP) is 3.09. The van der Waals surface area contributed by atoms with Gasteiger partial charge in [0.25, 0.3) is 0 Å². The molecule has 2 nitrogen and oxygen atoms in total. The molecule has 0 aliphatic heterocycles. The van der Waals surface area contributed by atoms with E-state index in [1.807, 2.05) is 19.1 Å². The number of thiophene rings is 1. The summed E-state index contributed by atoms with van der Waals surface area (Å²) in [6.07, 6.45) is 3.94. The lowest BCUT2D eigenvalue weighted by Gasteiger charge is -2.02. The number of rotatable bonds is 3. The van der Waals surface area contributed by atoms with Gasteiger partial charge >= 0.3 is 0 Å². The van der Waals surface area contributed by atoms with Gasteiger partial charge in [0.1, 0.15) is 4.21 Å². The lowest BCUT2D eigenvalue weighted by molar-refractivity contribution is 0.352. The number of allylic oxidation sites excluding steroid dienone is 1. The van der Waals surface area contributed by atoms with Crippen LogP contribution in [0.1, 0.15) is 11.8 Å². The van der Waals surface area contributed by atoms with Crippen molar-refractivity contribution in [2.45, 2.75) is 11.1 Å². The molecule has 4 heteroatoms. The highest BCUT2D eigenvalue weighted by Gasteiger charge is 2.15. The Labute approximate surface area is 87.6 Å². The first kappa shape index (κ1) is 10.5. The van der Waals surface area contributed by atoms with Crippen molar-refractivity contribution >= 4 is 30.0 Å². The third-order valence-corrected chi connectivity index (χ3v) is 2.95. The highest BCUT2D eigenvalue weighted by Crippen LogP contribution is 2.44. The van der Waals surface area contributed by atoms with Crippen LogP contribution in [0.2, 0.25) is 0 Å². The highest BCUT2D eigenvalue weighted by atomic mass is 32.2. The summed E-state index contributed by atoms with van der Waals surface area (Å²) < 4.78 is 11.2. The van der Waals surface area contributed by atoms with Gasteiger partial charge in [-0.2, -0.15) is 0 Å². The number of ether oxygens (including phenoxy) is 2. The maximum Gasteiger partial charge on any atom is 0.185 e. The molecule has 0 saturated heterocycles. The van der Waals surface area contributed by atoms with Crippen molar-refractivity contribution in [3.05, 3.63) is 11.0 Å². The molecule has 0 aromatic carbocycles. The van der Waals surface area contributed by atoms with E-state index >= 15 is 0 Å². The summed E-state index contributed by atoms with van der Waals surface area (Å²) >= 11 is 5.84. The Morgan fingerprint density at radius 3 is 2.31 bits per heavy atom. The van der Waals surface area contributed by atoms with Gasteiger partial charge in [-0.15, -0.1) is 24.0 Å². The fraction of sp³-hybridized carbons (Fsp3) is 0.333. The van der Waals surface area contributed by atoms with Crippen LogP contribution in [0.4, 0.5) is 0 Å². The largest absolute Gasteiger partial charge is 0.491 e. The third kappa shape index (κ3) is 2.00. The summed E-state index contributed by atoms with van der Waals surface area (Å²) in [4.78, 5) is 1.03. The van der Waals surface area contributed by atoms with Gasteiger partial charge in [-0.3, -0.25) is 0 Å². The summed E-state index contributed by atoms with van der Waals surface area (Å²) in [5.74, 6) is 1.47. The van der Waals surface area contributed by atoms with E-state index < -0.39 is 0 Å². The van der Waals surface area contributed by atoms with Crippen molar-refractivity contribution in [1.29, 1.82) is 0 Å². The molecule has 0 aliphatic carbocycles. The first-order valence-corrected chi connectivity index (χ1v) is 5.07. The van der Waals surface area contributed by atoms with Gasteiger partial charge in [0.05, 0.1) is 19.1 Å². The van der Waals surface area contributed by atoms with E-state index in [0.717, 1.165) is 14.8 Å². The Bertz CT molecular complexity index is 316. The summed E-state index contributed by atoms with van der Waals surface area (Å²) in [5, 5.41) is 0. The molecule has 0 atom stereocenters. The molecule has 1 heterocycles. The number of thiol groups is 1. The van der Waals surface area contributed by atoms with Crippen LogP contribution in [-0.4, -0.2) is 14.2 Å². The SMILES string of the molecule is C/C=C/c1sc(S)c(OC)c1OC. The molecule has 0 bridgehead atoms. The van der Waals surface area contributed by atoms with Crippen molar-refractivity contribution in [2.24, 2.45) is 0 Å². The van der Waals surface area contributed by atoms with Gasteiger partial charge in [0.15, 0.2) is 11.5 Å². The van der Waals surface area contributed by atoms with E-state index in [9.17, 15) is 0 Å². The van der Waals surface area contributed by atoms with Gasteiger partial charge in [0.2, 0.25) is 0 Å². The molecule has 13 heavy (non-hydrogen) atoms. The van der Waals surface area contributed by atoms with E-state index in [0.29, 0.717) is 5.75 Å². The summed E-state index contributed by atoms with van der Waals surface area (Å²) in [6.45, 7) is 1.96. The van der Waals surface area contributed by atoms with Crippen LogP contribution in [0.3, 0.4) is 0 Å². The quantitative estimate of drug-likeness (QED) is 0.783. The topological polar surface area (TPSA) is 18.5 Å². The Hall–Kier alpha value is -0.610. The zero-order valence-electron chi connectivity index (χ0n) is 7.83. The Morgan fingerprint density at radius 2 is 1.85 bits per heavy atom. The second kappa shape index (κ2) is 4.58. The van der Waals surface area contributed by atoms with Crippen molar-refractivity contribution < 1.29 is 9.47 Å². The molecule has 0 spiro atoms. The maximum absolute atomic E-state index is 5.23. The fourth-order valence-corrected chi connectivity index (χ4v) is 2.48. The van der Waals surface area contributed by atoms with E-state index in [-0.39, 0.29) is 0 Å². The minimum atomic E-state index is 0.712. The molecule has 0 unspecified atom stereocenters. The van der Waals surface area contributed by atoms with Crippen molar-refractivity contribution in [2.75, 3.05) is 14.2 Å². The van der Waals surface area contributed by atoms with Gasteiger partial charge in [-0.25, -0.2) is 0 Å². The molecule has 1 aromatic heterocycles. The minimum Gasteiger partial charge on any atom is -0.491 e. The predicted molar refractivity (Wildman–Crippen MR) is 59.4 cm³/mol. The van der Waals surface area contributed by atoms with Crippen molar-refractivity contribution in [3.8, 4) is 11.5 Å². The zero-order chi connectivity index (χ0) is 9.84. The summed E-state index contributed by atoms with van der Waals surface area (Å²) in [7, 11) is 3.24. The summed E-state index contributed by atoms with van der Waals surface area (Å²) in [6, 6.07) is 0. The molecule has 0 amide bonds. The molecule has 72 valence electrons. The Kier molecular flexibility index (Phi) is 3.69. The van der Waals surface area contributed by atoms with Crippen molar-refractivity contribution in [3.63, 3.8) is 0 Å². The maximum atomic E-state index is 5.23. The van der Waals surface area contributed by atoms with Gasteiger partial charge < -0.3 is 9.47 Å². The molecule has 0 saturated carbocycles. The van der Waals surface area contributed by atoms with Gasteiger partial charge in [-0.1, -0.05) is 6.08 Å². The molecule has 1 aromatic rings. The monoisotopic (exact) mass is 216 g/mol. The fourth-order valence-electron chi connectivity index (χ4n) is 1.04. The lowest BCUT2D eigenvalue weighted by Crippen LogP contribution is -1.87. The van der Waals surface area contributed by atoms with E-state index in [1.54, 1.807) is 25.6 Å². The van der Waals surface area contributed by atoms with Gasteiger partial charge in [0, 0.05) is 0 Å². The van der Waals surface area contributed by atoms with Crippen LogP contribution in [-0.2, 0) is 0 Å². The molecule has 0 N–H and O–H groups in total. The number of hydrogen-bond donors (Lipinski definition) is 1. The molecule has 0 aliphatic rings. The second-order valence-corrected chi connectivity index (χ2v) is 4.14. The highest BCUT2D eigenvalue weighted by molar-refractivity contribution is 7.83. The Balaban J connectivity index is 3.21. The standard InChI is InChI=1S/C9H12O2S2/c1-4-5-6-7(10-2)8(11-3)9(12)13-6/h4-5,12H,1-3H3/b5-4+. The number of methoxy groups -OCH3 is 2. The van der Waals surface area contributed by atoms with Crippen LogP contribution in [0.5, 0.6) is 11.5 Å². The molecular formula is C9H12O2S2. The number of hydrogen-bond acceptors (Lipinski definition) is 4. The molecule has 0 radical (unpaired) electrons. The first-order chi connectivity index (χ1) is 6.24. The average molecular weight is 216 g/mol. The molecule has 1 rings (SSSR count). The summed E-state index contributed by atoms with van der Waals surface area (Å²) in [5.41, 5.74) is 0. The van der Waals surface area contributed by atoms with Crippen molar-refractivity contribution in [1.82, 2.24) is 0 Å². The second-order valence-electron chi connectivity index (χ2n) is 2.34. The first-order valence-electron chi connectivity index (χ1n) is 3.81. The van der Waals surface area contributed by atoms with Crippen LogP contribution < -0.4 is 9.47 Å². The van der Waals surface area contributed by atoms with Gasteiger partial charge in [-0.05, 0) is 13.0 Å². The molecular weight excluding hydrogens is 204 g/mol. The van der Waals surface area contributed by atoms with E-state index in [4.69, 9.17) is 9.47 Å². The van der Waals surface area contributed by atoms with Crippen LogP contribution in [0.15, 0.2) is 10.3 Å². The smallest absolute Gasteiger partial charge is 0.185 e. The van der Waals surface area contributed by atoms with Crippen LogP contribution in [0, 0.1) is 0 Å². The van der Waals surface area contributed by atoms with Crippen LogP contribution in [0.25, 0.3) is 6.08 Å². The lowest BCUT2D eigenvalue weighted by atomic mass is 10.4. The van der Waals surface area contributed by atoms with E-state index in [1.165, 1.54) is 0 Å². The Morgan fingerprint density at radius 1 is 1.23 bits per heavy atom.